The van der Waals surface area contributed by atoms with Gasteiger partial charge in [-0.1, -0.05) is 13.8 Å². The van der Waals surface area contributed by atoms with Gasteiger partial charge in [0.1, 0.15) is 5.82 Å². The van der Waals surface area contributed by atoms with E-state index < -0.39 is 15.8 Å². The highest BCUT2D eigenvalue weighted by Gasteiger charge is 2.24. The summed E-state index contributed by atoms with van der Waals surface area (Å²) in [5.74, 6) is -0.368. The van der Waals surface area contributed by atoms with E-state index >= 15 is 0 Å². The Morgan fingerprint density at radius 1 is 1.33 bits per heavy atom. The average Bonchev–Trinajstić information content (AvgIpc) is 2.35. The van der Waals surface area contributed by atoms with Crippen LogP contribution in [0.4, 0.5) is 4.39 Å². The summed E-state index contributed by atoms with van der Waals surface area (Å²) in [6, 6.07) is 4.85. The molecule has 6 heteroatoms. The molecular formula is C12H19FN2O2S. The molecule has 0 aliphatic carbocycles. The third-order valence-corrected chi connectivity index (χ3v) is 4.68. The highest BCUT2D eigenvalue weighted by Crippen LogP contribution is 2.17. The Labute approximate surface area is 108 Å². The Balaban J connectivity index is 2.99. The van der Waals surface area contributed by atoms with Crippen molar-refractivity contribution in [3.05, 3.63) is 30.1 Å². The zero-order chi connectivity index (χ0) is 13.8. The van der Waals surface area contributed by atoms with Crippen LogP contribution in [0.3, 0.4) is 0 Å². The van der Waals surface area contributed by atoms with Gasteiger partial charge in [0, 0.05) is 13.1 Å². The summed E-state index contributed by atoms with van der Waals surface area (Å²) < 4.78 is 38.7. The molecule has 18 heavy (non-hydrogen) atoms. The van der Waals surface area contributed by atoms with Gasteiger partial charge in [-0.25, -0.2) is 12.8 Å². The topological polar surface area (TPSA) is 63.4 Å². The number of rotatable bonds is 6. The van der Waals surface area contributed by atoms with E-state index in [2.05, 4.69) is 0 Å². The van der Waals surface area contributed by atoms with Crippen molar-refractivity contribution in [1.82, 2.24) is 4.31 Å². The van der Waals surface area contributed by atoms with E-state index in [1.54, 1.807) is 6.92 Å². The Morgan fingerprint density at radius 2 is 1.89 bits per heavy atom. The molecule has 0 heterocycles. The molecule has 1 atom stereocenters. The van der Waals surface area contributed by atoms with Gasteiger partial charge in [0.25, 0.3) is 0 Å². The van der Waals surface area contributed by atoms with Crippen molar-refractivity contribution in [2.75, 3.05) is 19.6 Å². The zero-order valence-corrected chi connectivity index (χ0v) is 11.5. The summed E-state index contributed by atoms with van der Waals surface area (Å²) in [6.07, 6.45) is 0. The van der Waals surface area contributed by atoms with Crippen LogP contribution in [0.5, 0.6) is 0 Å². The predicted octanol–water partition coefficient (Wildman–Crippen LogP) is 1.43. The van der Waals surface area contributed by atoms with Crippen LogP contribution in [-0.2, 0) is 10.0 Å². The van der Waals surface area contributed by atoms with Crippen molar-refractivity contribution in [2.24, 2.45) is 11.7 Å². The van der Waals surface area contributed by atoms with Crippen LogP contribution in [0.1, 0.15) is 13.8 Å². The van der Waals surface area contributed by atoms with E-state index in [0.717, 1.165) is 12.1 Å². The molecule has 0 bridgehead atoms. The Kier molecular flexibility index (Phi) is 5.25. The first-order chi connectivity index (χ1) is 8.41. The minimum absolute atomic E-state index is 0.0835. The maximum absolute atomic E-state index is 12.8. The summed E-state index contributed by atoms with van der Waals surface area (Å²) in [5.41, 5.74) is 5.51. The SMILES string of the molecule is CCN(CC(C)CN)S(=O)(=O)c1ccc(F)cc1. The van der Waals surface area contributed by atoms with E-state index in [1.807, 2.05) is 6.92 Å². The number of nitrogens with zero attached hydrogens (tertiary/aromatic N) is 1. The smallest absolute Gasteiger partial charge is 0.243 e. The monoisotopic (exact) mass is 274 g/mol. The van der Waals surface area contributed by atoms with Crippen molar-refractivity contribution in [2.45, 2.75) is 18.7 Å². The molecule has 1 aromatic rings. The van der Waals surface area contributed by atoms with Gasteiger partial charge < -0.3 is 5.73 Å². The maximum Gasteiger partial charge on any atom is 0.243 e. The summed E-state index contributed by atoms with van der Waals surface area (Å²) in [7, 11) is -3.56. The fourth-order valence-electron chi connectivity index (χ4n) is 1.57. The molecule has 0 aliphatic heterocycles. The summed E-state index contributed by atoms with van der Waals surface area (Å²) in [4.78, 5) is 0.106. The van der Waals surface area contributed by atoms with Gasteiger partial charge in [-0.15, -0.1) is 0 Å². The minimum Gasteiger partial charge on any atom is -0.330 e. The summed E-state index contributed by atoms with van der Waals surface area (Å²) in [6.45, 7) is 4.82. The summed E-state index contributed by atoms with van der Waals surface area (Å²) in [5, 5.41) is 0. The van der Waals surface area contributed by atoms with Gasteiger partial charge in [0.2, 0.25) is 10.0 Å². The number of halogens is 1. The number of hydrogen-bond acceptors (Lipinski definition) is 3. The van der Waals surface area contributed by atoms with Gasteiger partial charge >= 0.3 is 0 Å². The van der Waals surface area contributed by atoms with Crippen molar-refractivity contribution in [1.29, 1.82) is 0 Å². The van der Waals surface area contributed by atoms with Crippen LogP contribution in [0.25, 0.3) is 0 Å². The molecule has 1 unspecified atom stereocenters. The van der Waals surface area contributed by atoms with Crippen LogP contribution in [-0.4, -0.2) is 32.4 Å². The van der Waals surface area contributed by atoms with Crippen molar-refractivity contribution in [3.63, 3.8) is 0 Å². The lowest BCUT2D eigenvalue weighted by molar-refractivity contribution is 0.371. The molecule has 0 saturated carbocycles. The van der Waals surface area contributed by atoms with Gasteiger partial charge in [-0.2, -0.15) is 4.31 Å². The highest BCUT2D eigenvalue weighted by molar-refractivity contribution is 7.89. The lowest BCUT2D eigenvalue weighted by atomic mass is 10.2. The van der Waals surface area contributed by atoms with E-state index in [-0.39, 0.29) is 10.8 Å². The molecule has 4 nitrogen and oxygen atoms in total. The van der Waals surface area contributed by atoms with Gasteiger partial charge in [-0.05, 0) is 36.7 Å². The Bertz CT molecular complexity index is 473. The first kappa shape index (κ1) is 15.1. The molecule has 0 aromatic heterocycles. The predicted molar refractivity (Wildman–Crippen MR) is 69.1 cm³/mol. The van der Waals surface area contributed by atoms with Crippen molar-refractivity contribution in [3.8, 4) is 0 Å². The van der Waals surface area contributed by atoms with E-state index in [0.29, 0.717) is 19.6 Å². The molecule has 0 fully saturated rings. The molecule has 0 amide bonds. The largest absolute Gasteiger partial charge is 0.330 e. The van der Waals surface area contributed by atoms with Crippen LogP contribution >= 0.6 is 0 Å². The molecule has 1 aromatic carbocycles. The third-order valence-electron chi connectivity index (χ3n) is 2.72. The summed E-state index contributed by atoms with van der Waals surface area (Å²) >= 11 is 0. The molecule has 1 rings (SSSR count). The van der Waals surface area contributed by atoms with E-state index in [9.17, 15) is 12.8 Å². The first-order valence-electron chi connectivity index (χ1n) is 5.87. The van der Waals surface area contributed by atoms with Gasteiger partial charge in [0.05, 0.1) is 4.90 Å². The molecule has 2 N–H and O–H groups in total. The lowest BCUT2D eigenvalue weighted by Crippen LogP contribution is -2.36. The zero-order valence-electron chi connectivity index (χ0n) is 10.6. The highest BCUT2D eigenvalue weighted by atomic mass is 32.2. The van der Waals surface area contributed by atoms with Crippen LogP contribution in [0.15, 0.2) is 29.2 Å². The Morgan fingerprint density at radius 3 is 2.33 bits per heavy atom. The molecule has 102 valence electrons. The van der Waals surface area contributed by atoms with Crippen LogP contribution in [0.2, 0.25) is 0 Å². The van der Waals surface area contributed by atoms with Crippen molar-refractivity contribution >= 4 is 10.0 Å². The average molecular weight is 274 g/mol. The first-order valence-corrected chi connectivity index (χ1v) is 7.31. The fourth-order valence-corrected chi connectivity index (χ4v) is 3.14. The fraction of sp³-hybridized carbons (Fsp3) is 0.500. The Hall–Kier alpha value is -0.980. The second-order valence-corrected chi connectivity index (χ2v) is 6.19. The van der Waals surface area contributed by atoms with E-state index in [4.69, 9.17) is 5.73 Å². The second-order valence-electron chi connectivity index (χ2n) is 4.25. The molecule has 0 saturated heterocycles. The number of benzene rings is 1. The normalized spacial score (nSPS) is 13.8. The van der Waals surface area contributed by atoms with Crippen LogP contribution in [0, 0.1) is 11.7 Å². The van der Waals surface area contributed by atoms with Gasteiger partial charge in [0.15, 0.2) is 0 Å². The number of sulfonamides is 1. The molecular weight excluding hydrogens is 255 g/mol. The second kappa shape index (κ2) is 6.26. The quantitative estimate of drug-likeness (QED) is 0.853. The molecule has 0 radical (unpaired) electrons. The van der Waals surface area contributed by atoms with Gasteiger partial charge in [-0.3, -0.25) is 0 Å². The number of hydrogen-bond donors (Lipinski definition) is 1. The van der Waals surface area contributed by atoms with Crippen molar-refractivity contribution < 1.29 is 12.8 Å². The molecule has 0 spiro atoms. The molecule has 0 aliphatic rings. The van der Waals surface area contributed by atoms with Crippen LogP contribution < -0.4 is 5.73 Å². The third kappa shape index (κ3) is 3.51. The number of nitrogens with two attached hydrogens (primary N) is 1. The lowest BCUT2D eigenvalue weighted by Gasteiger charge is -2.23. The van der Waals surface area contributed by atoms with E-state index in [1.165, 1.54) is 16.4 Å². The minimum atomic E-state index is -3.56. The standard InChI is InChI=1S/C12H19FN2O2S/c1-3-15(9-10(2)8-14)18(16,17)12-6-4-11(13)5-7-12/h4-7,10H,3,8-9,14H2,1-2H3. The maximum atomic E-state index is 12.8.